The average molecular weight is 355 g/mol. The smallest absolute Gasteiger partial charge is 0.407 e. The van der Waals surface area contributed by atoms with Gasteiger partial charge in [0.15, 0.2) is 0 Å². The molecule has 1 aliphatic heterocycles. The number of amides is 1. The van der Waals surface area contributed by atoms with Crippen LogP contribution in [0, 0.1) is 5.92 Å². The molecule has 1 saturated heterocycles. The Bertz CT molecular complexity index is 719. The first-order valence-electron chi connectivity index (χ1n) is 8.48. The van der Waals surface area contributed by atoms with Gasteiger partial charge >= 0.3 is 12.1 Å². The van der Waals surface area contributed by atoms with Crippen LogP contribution in [0.5, 0.6) is 0 Å². The van der Waals surface area contributed by atoms with E-state index in [2.05, 4.69) is 5.32 Å². The molecule has 1 N–H and O–H groups in total. The molecule has 0 unspecified atom stereocenters. The fourth-order valence-corrected chi connectivity index (χ4v) is 2.68. The first-order chi connectivity index (χ1) is 12.7. The van der Waals surface area contributed by atoms with E-state index < -0.39 is 18.1 Å². The van der Waals surface area contributed by atoms with Gasteiger partial charge in [-0.05, 0) is 11.1 Å². The lowest BCUT2D eigenvalue weighted by molar-refractivity contribution is -0.150. The highest BCUT2D eigenvalue weighted by Crippen LogP contribution is 2.17. The van der Waals surface area contributed by atoms with E-state index >= 15 is 0 Å². The Balaban J connectivity index is 1.46. The van der Waals surface area contributed by atoms with Crippen LogP contribution in [0.15, 0.2) is 60.7 Å². The molecule has 6 nitrogen and oxygen atoms in total. The summed E-state index contributed by atoms with van der Waals surface area (Å²) in [7, 11) is 0. The molecule has 136 valence electrons. The van der Waals surface area contributed by atoms with Crippen LogP contribution in [-0.2, 0) is 32.2 Å². The number of carbonyl (C=O) groups excluding carboxylic acids is 2. The molecule has 2 atom stereocenters. The molecule has 26 heavy (non-hydrogen) atoms. The molecule has 0 spiro atoms. The van der Waals surface area contributed by atoms with Crippen molar-refractivity contribution in [1.29, 1.82) is 0 Å². The Labute approximate surface area is 152 Å². The number of carbonyl (C=O) groups is 2. The van der Waals surface area contributed by atoms with E-state index in [1.807, 2.05) is 60.7 Å². The quantitative estimate of drug-likeness (QED) is 0.807. The molecule has 3 rings (SSSR count). The van der Waals surface area contributed by atoms with Crippen LogP contribution in [0.25, 0.3) is 0 Å². The summed E-state index contributed by atoms with van der Waals surface area (Å²) in [6.07, 6.45) is -0.579. The highest BCUT2D eigenvalue weighted by atomic mass is 16.6. The normalized spacial score (nSPS) is 18.9. The maximum absolute atomic E-state index is 12.3. The van der Waals surface area contributed by atoms with Crippen molar-refractivity contribution < 1.29 is 23.8 Å². The molecule has 0 bridgehead atoms. The molecular formula is C20H21NO5. The lowest BCUT2D eigenvalue weighted by atomic mass is 10.0. The fraction of sp³-hybridized carbons (Fsp3) is 0.300. The Kier molecular flexibility index (Phi) is 6.22. The molecule has 1 heterocycles. The van der Waals surface area contributed by atoms with E-state index in [1.165, 1.54) is 0 Å². The summed E-state index contributed by atoms with van der Waals surface area (Å²) < 4.78 is 15.9. The van der Waals surface area contributed by atoms with Crippen LogP contribution < -0.4 is 5.32 Å². The van der Waals surface area contributed by atoms with Gasteiger partial charge in [-0.3, -0.25) is 4.79 Å². The molecule has 2 aromatic carbocycles. The van der Waals surface area contributed by atoms with Gasteiger partial charge in [-0.1, -0.05) is 60.7 Å². The van der Waals surface area contributed by atoms with Crippen LogP contribution >= 0.6 is 0 Å². The van der Waals surface area contributed by atoms with Gasteiger partial charge in [0.25, 0.3) is 0 Å². The number of rotatable bonds is 6. The van der Waals surface area contributed by atoms with Crippen LogP contribution in [-0.4, -0.2) is 31.3 Å². The van der Waals surface area contributed by atoms with Gasteiger partial charge in [0, 0.05) is 0 Å². The summed E-state index contributed by atoms with van der Waals surface area (Å²) in [4.78, 5) is 24.3. The maximum atomic E-state index is 12.3. The van der Waals surface area contributed by atoms with Crippen molar-refractivity contribution in [1.82, 2.24) is 5.32 Å². The Hall–Kier alpha value is -2.86. The third kappa shape index (κ3) is 5.07. The van der Waals surface area contributed by atoms with E-state index in [9.17, 15) is 9.59 Å². The predicted molar refractivity (Wildman–Crippen MR) is 94.1 cm³/mol. The van der Waals surface area contributed by atoms with E-state index in [0.717, 1.165) is 11.1 Å². The van der Waals surface area contributed by atoms with Crippen molar-refractivity contribution in [2.75, 3.05) is 13.2 Å². The van der Waals surface area contributed by atoms with Gasteiger partial charge in [-0.2, -0.15) is 0 Å². The second-order valence-corrected chi connectivity index (χ2v) is 6.05. The number of ether oxygens (including phenoxy) is 3. The number of alkyl carbamates (subject to hydrolysis) is 1. The Morgan fingerprint density at radius 2 is 1.46 bits per heavy atom. The van der Waals surface area contributed by atoms with Crippen molar-refractivity contribution in [2.24, 2.45) is 5.92 Å². The standard InChI is InChI=1S/C20H21NO5/c22-19(25-11-15-7-3-1-4-8-15)17-13-24-14-18(17)21-20(23)26-12-16-9-5-2-6-10-16/h1-10,17-18H,11-14H2,(H,21,23)/t17-,18+/m1/s1. The molecule has 0 radical (unpaired) electrons. The zero-order chi connectivity index (χ0) is 18.2. The molecule has 1 amide bonds. The number of hydrogen-bond donors (Lipinski definition) is 1. The Morgan fingerprint density at radius 3 is 2.08 bits per heavy atom. The van der Waals surface area contributed by atoms with E-state index in [1.54, 1.807) is 0 Å². The van der Waals surface area contributed by atoms with Gasteiger partial charge in [-0.15, -0.1) is 0 Å². The first kappa shape index (κ1) is 17.9. The van der Waals surface area contributed by atoms with Crippen molar-refractivity contribution in [3.8, 4) is 0 Å². The summed E-state index contributed by atoms with van der Waals surface area (Å²) in [6.45, 7) is 0.841. The molecular weight excluding hydrogens is 334 g/mol. The second kappa shape index (κ2) is 9.01. The first-order valence-corrected chi connectivity index (χ1v) is 8.48. The number of nitrogens with one attached hydrogen (secondary N) is 1. The van der Waals surface area contributed by atoms with Gasteiger partial charge in [0.1, 0.15) is 19.1 Å². The minimum atomic E-state index is -0.579. The average Bonchev–Trinajstić information content (AvgIpc) is 3.14. The Morgan fingerprint density at radius 1 is 0.885 bits per heavy atom. The van der Waals surface area contributed by atoms with Crippen LogP contribution in [0.4, 0.5) is 4.79 Å². The molecule has 1 fully saturated rings. The number of hydrogen-bond acceptors (Lipinski definition) is 5. The van der Waals surface area contributed by atoms with Crippen LogP contribution in [0.3, 0.4) is 0 Å². The van der Waals surface area contributed by atoms with Crippen LogP contribution in [0.2, 0.25) is 0 Å². The third-order valence-electron chi connectivity index (χ3n) is 4.12. The number of esters is 1. The number of benzene rings is 2. The molecule has 2 aromatic rings. The summed E-state index contributed by atoms with van der Waals surface area (Å²) >= 11 is 0. The van der Waals surface area contributed by atoms with Crippen molar-refractivity contribution in [2.45, 2.75) is 19.3 Å². The highest BCUT2D eigenvalue weighted by molar-refractivity contribution is 5.75. The fourth-order valence-electron chi connectivity index (χ4n) is 2.68. The van der Waals surface area contributed by atoms with Gasteiger partial charge in [0.2, 0.25) is 0 Å². The summed E-state index contributed by atoms with van der Waals surface area (Å²) in [5, 5.41) is 2.69. The summed E-state index contributed by atoms with van der Waals surface area (Å²) in [5.41, 5.74) is 1.80. The molecule has 0 saturated carbocycles. The van der Waals surface area contributed by atoms with E-state index in [-0.39, 0.29) is 32.4 Å². The molecule has 1 aliphatic rings. The van der Waals surface area contributed by atoms with Gasteiger partial charge in [-0.25, -0.2) is 4.79 Å². The largest absolute Gasteiger partial charge is 0.460 e. The van der Waals surface area contributed by atoms with Gasteiger partial charge in [0.05, 0.1) is 19.3 Å². The van der Waals surface area contributed by atoms with Crippen LogP contribution in [0.1, 0.15) is 11.1 Å². The zero-order valence-electron chi connectivity index (χ0n) is 14.3. The molecule has 0 aromatic heterocycles. The predicted octanol–water partition coefficient (Wildman–Crippen LogP) is 2.67. The van der Waals surface area contributed by atoms with Crippen molar-refractivity contribution >= 4 is 12.1 Å². The van der Waals surface area contributed by atoms with E-state index in [0.29, 0.717) is 0 Å². The van der Waals surface area contributed by atoms with E-state index in [4.69, 9.17) is 14.2 Å². The zero-order valence-corrected chi connectivity index (χ0v) is 14.3. The minimum absolute atomic E-state index is 0.170. The van der Waals surface area contributed by atoms with Crippen molar-refractivity contribution in [3.63, 3.8) is 0 Å². The summed E-state index contributed by atoms with van der Waals surface area (Å²) in [6, 6.07) is 18.4. The lowest BCUT2D eigenvalue weighted by Gasteiger charge is -2.18. The lowest BCUT2D eigenvalue weighted by Crippen LogP contribution is -2.43. The van der Waals surface area contributed by atoms with Crippen molar-refractivity contribution in [3.05, 3.63) is 71.8 Å². The minimum Gasteiger partial charge on any atom is -0.460 e. The SMILES string of the molecule is O=C(N[C@H]1COC[C@H]1C(=O)OCc1ccccc1)OCc1ccccc1. The molecule has 0 aliphatic carbocycles. The maximum Gasteiger partial charge on any atom is 0.407 e. The van der Waals surface area contributed by atoms with Gasteiger partial charge < -0.3 is 19.5 Å². The third-order valence-corrected chi connectivity index (χ3v) is 4.12. The molecule has 6 heteroatoms. The second-order valence-electron chi connectivity index (χ2n) is 6.05. The monoisotopic (exact) mass is 355 g/mol. The topological polar surface area (TPSA) is 73.9 Å². The summed E-state index contributed by atoms with van der Waals surface area (Å²) in [5.74, 6) is -0.928. The highest BCUT2D eigenvalue weighted by Gasteiger charge is 2.36.